The highest BCUT2D eigenvalue weighted by Crippen LogP contribution is 2.13. The lowest BCUT2D eigenvalue weighted by Gasteiger charge is -2.23. The molecule has 26 heavy (non-hydrogen) atoms. The average Bonchev–Trinajstić information content (AvgIpc) is 3.23. The lowest BCUT2D eigenvalue weighted by molar-refractivity contribution is 0.224. The third-order valence-electron chi connectivity index (χ3n) is 4.51. The van der Waals surface area contributed by atoms with E-state index in [0.29, 0.717) is 0 Å². The molecule has 0 saturated carbocycles. The molecule has 0 saturated heterocycles. The molecule has 0 aliphatic rings. The molecular formula is C20H28N6. The topological polar surface area (TPSA) is 53.0 Å². The summed E-state index contributed by atoms with van der Waals surface area (Å²) in [5, 5.41) is 4.54. The van der Waals surface area contributed by atoms with Crippen LogP contribution in [0.3, 0.4) is 0 Å². The number of aromatic amines is 1. The quantitative estimate of drug-likeness (QED) is 0.677. The molecule has 1 aromatic carbocycles. The number of aryl methyl sites for hydroxylation is 2. The van der Waals surface area contributed by atoms with Gasteiger partial charge in [-0.05, 0) is 40.1 Å². The highest BCUT2D eigenvalue weighted by atomic mass is 15.3. The Kier molecular flexibility index (Phi) is 5.85. The van der Waals surface area contributed by atoms with Crippen molar-refractivity contribution in [3.8, 4) is 5.69 Å². The van der Waals surface area contributed by atoms with Gasteiger partial charge in [-0.15, -0.1) is 0 Å². The maximum absolute atomic E-state index is 4.54. The van der Waals surface area contributed by atoms with E-state index in [2.05, 4.69) is 83.3 Å². The Morgan fingerprint density at radius 3 is 2.46 bits per heavy atom. The maximum atomic E-state index is 4.54. The molecule has 0 bridgehead atoms. The van der Waals surface area contributed by atoms with Gasteiger partial charge in [0, 0.05) is 43.6 Å². The molecule has 0 aliphatic heterocycles. The van der Waals surface area contributed by atoms with Crippen LogP contribution in [-0.2, 0) is 13.1 Å². The number of likely N-dealkylation sites (N-methyl/N-ethyl adjacent to an activating group) is 1. The monoisotopic (exact) mass is 352 g/mol. The molecule has 0 atom stereocenters. The Morgan fingerprint density at radius 2 is 1.81 bits per heavy atom. The van der Waals surface area contributed by atoms with Crippen LogP contribution in [0.4, 0.5) is 0 Å². The third-order valence-corrected chi connectivity index (χ3v) is 4.51. The standard InChI is InChI=1S/C20H28N6/c1-16-5-7-19(8-6-16)26-13-18(11-23-26)12-25(10-9-24(3)4)14-20-17(2)21-15-22-20/h5-8,11,13,15H,9-10,12,14H2,1-4H3,(H,21,22). The number of nitrogens with zero attached hydrogens (tertiary/aromatic N) is 5. The van der Waals surface area contributed by atoms with Crippen LogP contribution in [0.2, 0.25) is 0 Å². The third kappa shape index (κ3) is 4.80. The van der Waals surface area contributed by atoms with Crippen LogP contribution in [0.1, 0.15) is 22.5 Å². The fraction of sp³-hybridized carbons (Fsp3) is 0.400. The number of hydrogen-bond donors (Lipinski definition) is 1. The van der Waals surface area contributed by atoms with E-state index in [9.17, 15) is 0 Å². The Labute approximate surface area is 155 Å². The molecule has 0 amide bonds. The molecule has 0 fully saturated rings. The molecular weight excluding hydrogens is 324 g/mol. The first-order chi connectivity index (χ1) is 12.5. The summed E-state index contributed by atoms with van der Waals surface area (Å²) in [7, 11) is 4.21. The molecule has 6 heteroatoms. The molecule has 138 valence electrons. The van der Waals surface area contributed by atoms with E-state index in [1.807, 2.05) is 10.9 Å². The number of H-pyrrole nitrogens is 1. The van der Waals surface area contributed by atoms with Gasteiger partial charge in [-0.25, -0.2) is 9.67 Å². The van der Waals surface area contributed by atoms with Crippen LogP contribution in [-0.4, -0.2) is 56.7 Å². The van der Waals surface area contributed by atoms with Gasteiger partial charge < -0.3 is 9.88 Å². The predicted octanol–water partition coefficient (Wildman–Crippen LogP) is 2.78. The van der Waals surface area contributed by atoms with Crippen molar-refractivity contribution in [2.45, 2.75) is 26.9 Å². The van der Waals surface area contributed by atoms with Crippen molar-refractivity contribution in [2.75, 3.05) is 27.2 Å². The van der Waals surface area contributed by atoms with Crippen LogP contribution in [0, 0.1) is 13.8 Å². The summed E-state index contributed by atoms with van der Waals surface area (Å²) < 4.78 is 1.94. The zero-order chi connectivity index (χ0) is 18.5. The van der Waals surface area contributed by atoms with E-state index in [4.69, 9.17) is 0 Å². The van der Waals surface area contributed by atoms with Gasteiger partial charge in [-0.2, -0.15) is 5.10 Å². The van der Waals surface area contributed by atoms with Crippen molar-refractivity contribution < 1.29 is 0 Å². The molecule has 6 nitrogen and oxygen atoms in total. The van der Waals surface area contributed by atoms with Crippen molar-refractivity contribution in [3.63, 3.8) is 0 Å². The highest BCUT2D eigenvalue weighted by molar-refractivity contribution is 5.34. The summed E-state index contributed by atoms with van der Waals surface area (Å²) >= 11 is 0. The average molecular weight is 352 g/mol. The van der Waals surface area contributed by atoms with Crippen molar-refractivity contribution >= 4 is 0 Å². The van der Waals surface area contributed by atoms with Crippen molar-refractivity contribution in [3.05, 3.63) is 65.5 Å². The van der Waals surface area contributed by atoms with Crippen molar-refractivity contribution in [1.29, 1.82) is 0 Å². The smallest absolute Gasteiger partial charge is 0.0925 e. The van der Waals surface area contributed by atoms with E-state index in [-0.39, 0.29) is 0 Å². The predicted molar refractivity (Wildman–Crippen MR) is 104 cm³/mol. The fourth-order valence-electron chi connectivity index (χ4n) is 2.85. The molecule has 3 aromatic rings. The van der Waals surface area contributed by atoms with Crippen LogP contribution in [0.5, 0.6) is 0 Å². The molecule has 3 rings (SSSR count). The molecule has 0 aliphatic carbocycles. The summed E-state index contributed by atoms with van der Waals surface area (Å²) in [4.78, 5) is 12.2. The normalized spacial score (nSPS) is 11.6. The first-order valence-corrected chi connectivity index (χ1v) is 8.98. The number of nitrogens with one attached hydrogen (secondary N) is 1. The first-order valence-electron chi connectivity index (χ1n) is 8.98. The number of aromatic nitrogens is 4. The highest BCUT2D eigenvalue weighted by Gasteiger charge is 2.12. The molecule has 0 unspecified atom stereocenters. The van der Waals surface area contributed by atoms with Crippen molar-refractivity contribution in [1.82, 2.24) is 29.5 Å². The number of hydrogen-bond acceptors (Lipinski definition) is 4. The summed E-state index contributed by atoms with van der Waals surface area (Å²) in [6.45, 7) is 7.84. The summed E-state index contributed by atoms with van der Waals surface area (Å²) in [6, 6.07) is 8.42. The number of imidazole rings is 1. The van der Waals surface area contributed by atoms with E-state index in [1.165, 1.54) is 11.1 Å². The Hall–Kier alpha value is -2.44. The fourth-order valence-corrected chi connectivity index (χ4v) is 2.85. The Bertz CT molecular complexity index is 815. The minimum Gasteiger partial charge on any atom is -0.348 e. The molecule has 2 aromatic heterocycles. The van der Waals surface area contributed by atoms with Crippen LogP contribution < -0.4 is 0 Å². The van der Waals surface area contributed by atoms with Gasteiger partial charge in [0.15, 0.2) is 0 Å². The van der Waals surface area contributed by atoms with Gasteiger partial charge >= 0.3 is 0 Å². The zero-order valence-corrected chi connectivity index (χ0v) is 16.1. The van der Waals surface area contributed by atoms with Gasteiger partial charge in [-0.1, -0.05) is 17.7 Å². The van der Waals surface area contributed by atoms with Crippen LogP contribution >= 0.6 is 0 Å². The number of rotatable bonds is 8. The SMILES string of the molecule is Cc1ccc(-n2cc(CN(CCN(C)C)Cc3nc[nH]c3C)cn2)cc1. The second-order valence-electron chi connectivity index (χ2n) is 7.12. The van der Waals surface area contributed by atoms with Gasteiger partial charge in [0.25, 0.3) is 0 Å². The van der Waals surface area contributed by atoms with Crippen molar-refractivity contribution in [2.24, 2.45) is 0 Å². The van der Waals surface area contributed by atoms with Crippen LogP contribution in [0.15, 0.2) is 43.0 Å². The zero-order valence-electron chi connectivity index (χ0n) is 16.1. The largest absolute Gasteiger partial charge is 0.348 e. The Morgan fingerprint density at radius 1 is 1.04 bits per heavy atom. The molecule has 0 spiro atoms. The van der Waals surface area contributed by atoms with Gasteiger partial charge in [0.05, 0.1) is 23.9 Å². The van der Waals surface area contributed by atoms with Gasteiger partial charge in [0.2, 0.25) is 0 Å². The maximum Gasteiger partial charge on any atom is 0.0925 e. The van der Waals surface area contributed by atoms with Gasteiger partial charge in [0.1, 0.15) is 0 Å². The van der Waals surface area contributed by atoms with E-state index < -0.39 is 0 Å². The van der Waals surface area contributed by atoms with Crippen LogP contribution in [0.25, 0.3) is 5.69 Å². The second-order valence-corrected chi connectivity index (χ2v) is 7.12. The lowest BCUT2D eigenvalue weighted by Crippen LogP contribution is -2.31. The first kappa shape index (κ1) is 18.4. The Balaban J connectivity index is 1.71. The van der Waals surface area contributed by atoms with E-state index >= 15 is 0 Å². The lowest BCUT2D eigenvalue weighted by atomic mass is 10.2. The molecule has 0 radical (unpaired) electrons. The van der Waals surface area contributed by atoms with E-state index in [0.717, 1.165) is 43.3 Å². The van der Waals surface area contributed by atoms with E-state index in [1.54, 1.807) is 6.33 Å². The minimum absolute atomic E-state index is 0.832. The summed E-state index contributed by atoms with van der Waals surface area (Å²) in [5.41, 5.74) is 5.79. The summed E-state index contributed by atoms with van der Waals surface area (Å²) in [5.74, 6) is 0. The molecule has 2 heterocycles. The number of benzene rings is 1. The second kappa shape index (κ2) is 8.29. The van der Waals surface area contributed by atoms with Gasteiger partial charge in [-0.3, -0.25) is 4.90 Å². The summed E-state index contributed by atoms with van der Waals surface area (Å²) in [6.07, 6.45) is 5.84. The minimum atomic E-state index is 0.832. The molecule has 1 N–H and O–H groups in total.